The van der Waals surface area contributed by atoms with Crippen LogP contribution in [0.3, 0.4) is 0 Å². The summed E-state index contributed by atoms with van der Waals surface area (Å²) in [5, 5.41) is 16.5. The van der Waals surface area contributed by atoms with Gasteiger partial charge in [-0.3, -0.25) is 4.79 Å². The number of unbranched alkanes of at least 4 members (excludes halogenated alkanes) is 1. The number of halogens is 1. The highest BCUT2D eigenvalue weighted by Gasteiger charge is 2.10. The molecule has 0 aliphatic heterocycles. The monoisotopic (exact) mass is 289 g/mol. The van der Waals surface area contributed by atoms with Crippen LogP contribution < -0.4 is 10.9 Å². The van der Waals surface area contributed by atoms with E-state index in [1.807, 2.05) is 6.92 Å². The molecule has 0 spiro atoms. The standard InChI is InChI=1S/C12H20ClN3O3/c1-3-4-5-16-12(18)11(13)10(7-15-16)14-6-9(17)8-19-2/h7,9,14,17H,3-6,8H2,1-2H3. The number of methoxy groups -OCH3 is 1. The Bertz CT molecular complexity index is 450. The van der Waals surface area contributed by atoms with Gasteiger partial charge in [-0.25, -0.2) is 4.68 Å². The number of aliphatic hydroxyl groups is 1. The molecule has 0 amide bonds. The van der Waals surface area contributed by atoms with E-state index in [1.165, 1.54) is 18.0 Å². The van der Waals surface area contributed by atoms with Crippen molar-refractivity contribution in [1.82, 2.24) is 9.78 Å². The van der Waals surface area contributed by atoms with Crippen LogP contribution in [-0.4, -0.2) is 41.3 Å². The summed E-state index contributed by atoms with van der Waals surface area (Å²) in [4.78, 5) is 11.9. The lowest BCUT2D eigenvalue weighted by atomic mass is 10.3. The van der Waals surface area contributed by atoms with E-state index in [9.17, 15) is 9.90 Å². The fourth-order valence-electron chi connectivity index (χ4n) is 1.53. The predicted octanol–water partition coefficient (Wildman–Crippen LogP) is 1.12. The van der Waals surface area contributed by atoms with Crippen LogP contribution in [0.15, 0.2) is 11.0 Å². The lowest BCUT2D eigenvalue weighted by Gasteiger charge is -2.13. The summed E-state index contributed by atoms with van der Waals surface area (Å²) in [5.41, 5.74) is 0.107. The number of aryl methyl sites for hydroxylation is 1. The van der Waals surface area contributed by atoms with Gasteiger partial charge in [-0.1, -0.05) is 24.9 Å². The Morgan fingerprint density at radius 2 is 2.37 bits per heavy atom. The molecule has 108 valence electrons. The van der Waals surface area contributed by atoms with Crippen molar-refractivity contribution in [2.24, 2.45) is 0 Å². The summed E-state index contributed by atoms with van der Waals surface area (Å²) in [7, 11) is 1.51. The van der Waals surface area contributed by atoms with Gasteiger partial charge in [-0.15, -0.1) is 0 Å². The molecule has 1 atom stereocenters. The Hall–Kier alpha value is -1.11. The van der Waals surface area contributed by atoms with E-state index in [1.54, 1.807) is 0 Å². The predicted molar refractivity (Wildman–Crippen MR) is 74.8 cm³/mol. The average Bonchev–Trinajstić information content (AvgIpc) is 2.40. The van der Waals surface area contributed by atoms with E-state index < -0.39 is 6.10 Å². The molecule has 7 heteroatoms. The summed E-state index contributed by atoms with van der Waals surface area (Å²) >= 11 is 5.99. The van der Waals surface area contributed by atoms with Crippen molar-refractivity contribution in [1.29, 1.82) is 0 Å². The summed E-state index contributed by atoms with van der Waals surface area (Å²) in [6, 6.07) is 0. The van der Waals surface area contributed by atoms with Gasteiger partial charge in [0, 0.05) is 20.2 Å². The maximum Gasteiger partial charge on any atom is 0.287 e. The van der Waals surface area contributed by atoms with Gasteiger partial charge in [0.15, 0.2) is 0 Å². The molecule has 0 aromatic carbocycles. The molecule has 0 aliphatic carbocycles. The van der Waals surface area contributed by atoms with Gasteiger partial charge in [0.1, 0.15) is 5.02 Å². The third-order valence-corrected chi connectivity index (χ3v) is 2.96. The number of aromatic nitrogens is 2. The molecular weight excluding hydrogens is 270 g/mol. The third kappa shape index (κ3) is 4.81. The molecule has 1 aromatic rings. The highest BCUT2D eigenvalue weighted by Crippen LogP contribution is 2.15. The van der Waals surface area contributed by atoms with Crippen LogP contribution in [0.1, 0.15) is 19.8 Å². The van der Waals surface area contributed by atoms with Gasteiger partial charge in [0.25, 0.3) is 5.56 Å². The van der Waals surface area contributed by atoms with Crippen LogP contribution >= 0.6 is 11.6 Å². The van der Waals surface area contributed by atoms with E-state index in [0.717, 1.165) is 12.8 Å². The molecule has 0 saturated heterocycles. The first-order valence-corrected chi connectivity index (χ1v) is 6.64. The summed E-state index contributed by atoms with van der Waals surface area (Å²) in [5.74, 6) is 0. The van der Waals surface area contributed by atoms with Crippen LogP contribution in [0.5, 0.6) is 0 Å². The Morgan fingerprint density at radius 3 is 3.00 bits per heavy atom. The zero-order chi connectivity index (χ0) is 14.3. The molecule has 1 rings (SSSR count). The summed E-state index contributed by atoms with van der Waals surface area (Å²) < 4.78 is 6.15. The van der Waals surface area contributed by atoms with Crippen molar-refractivity contribution in [2.75, 3.05) is 25.6 Å². The van der Waals surface area contributed by atoms with Crippen molar-refractivity contribution in [3.05, 3.63) is 21.6 Å². The molecule has 0 fully saturated rings. The van der Waals surface area contributed by atoms with Crippen LogP contribution in [0.2, 0.25) is 5.02 Å². The van der Waals surface area contributed by atoms with Crippen molar-refractivity contribution < 1.29 is 9.84 Å². The maximum absolute atomic E-state index is 11.9. The highest BCUT2D eigenvalue weighted by molar-refractivity contribution is 6.32. The fourth-order valence-corrected chi connectivity index (χ4v) is 1.75. The Balaban J connectivity index is 2.71. The number of rotatable bonds is 8. The van der Waals surface area contributed by atoms with Crippen LogP contribution in [0, 0.1) is 0 Å². The van der Waals surface area contributed by atoms with Crippen molar-refractivity contribution in [3.63, 3.8) is 0 Å². The normalized spacial score (nSPS) is 12.4. The molecule has 0 aliphatic rings. The second-order valence-electron chi connectivity index (χ2n) is 4.24. The number of nitrogens with zero attached hydrogens (tertiary/aromatic N) is 2. The summed E-state index contributed by atoms with van der Waals surface area (Å²) in [6.07, 6.45) is 2.69. The quantitative estimate of drug-likeness (QED) is 0.750. The lowest BCUT2D eigenvalue weighted by Crippen LogP contribution is -2.27. The molecule has 1 aromatic heterocycles. The highest BCUT2D eigenvalue weighted by atomic mass is 35.5. The Labute approximate surface area is 117 Å². The maximum atomic E-state index is 11.9. The van der Waals surface area contributed by atoms with Gasteiger partial charge in [0.05, 0.1) is 24.6 Å². The Morgan fingerprint density at radius 1 is 1.63 bits per heavy atom. The topological polar surface area (TPSA) is 76.4 Å². The van der Waals surface area contributed by atoms with Gasteiger partial charge >= 0.3 is 0 Å². The average molecular weight is 290 g/mol. The second-order valence-corrected chi connectivity index (χ2v) is 4.62. The first-order chi connectivity index (χ1) is 9.10. The van der Waals surface area contributed by atoms with Gasteiger partial charge < -0.3 is 15.2 Å². The van der Waals surface area contributed by atoms with Gasteiger partial charge in [-0.2, -0.15) is 5.10 Å². The van der Waals surface area contributed by atoms with Crippen LogP contribution in [0.25, 0.3) is 0 Å². The molecule has 0 radical (unpaired) electrons. The first kappa shape index (κ1) is 15.9. The number of nitrogens with one attached hydrogen (secondary N) is 1. The molecular formula is C12H20ClN3O3. The van der Waals surface area contributed by atoms with E-state index in [0.29, 0.717) is 12.2 Å². The molecule has 6 nitrogen and oxygen atoms in total. The molecule has 1 heterocycles. The zero-order valence-electron chi connectivity index (χ0n) is 11.2. The second kappa shape index (κ2) is 8.14. The number of hydrogen-bond donors (Lipinski definition) is 2. The minimum Gasteiger partial charge on any atom is -0.389 e. The van der Waals surface area contributed by atoms with E-state index >= 15 is 0 Å². The molecule has 19 heavy (non-hydrogen) atoms. The number of aliphatic hydroxyl groups excluding tert-OH is 1. The van der Waals surface area contributed by atoms with Gasteiger partial charge in [0.2, 0.25) is 0 Å². The largest absolute Gasteiger partial charge is 0.389 e. The van der Waals surface area contributed by atoms with Gasteiger partial charge in [-0.05, 0) is 6.42 Å². The van der Waals surface area contributed by atoms with E-state index in [4.69, 9.17) is 16.3 Å². The van der Waals surface area contributed by atoms with E-state index in [-0.39, 0.29) is 23.7 Å². The minimum atomic E-state index is -0.663. The number of anilines is 1. The third-order valence-electron chi connectivity index (χ3n) is 2.60. The Kier molecular flexibility index (Phi) is 6.83. The van der Waals surface area contributed by atoms with Crippen molar-refractivity contribution >= 4 is 17.3 Å². The molecule has 1 unspecified atom stereocenters. The van der Waals surface area contributed by atoms with Crippen molar-refractivity contribution in [2.45, 2.75) is 32.4 Å². The van der Waals surface area contributed by atoms with Crippen LogP contribution in [-0.2, 0) is 11.3 Å². The van der Waals surface area contributed by atoms with Crippen molar-refractivity contribution in [3.8, 4) is 0 Å². The zero-order valence-corrected chi connectivity index (χ0v) is 12.0. The van der Waals surface area contributed by atoms with Crippen LogP contribution in [0.4, 0.5) is 5.69 Å². The SMILES string of the molecule is CCCCn1ncc(NCC(O)COC)c(Cl)c1=O. The lowest BCUT2D eigenvalue weighted by molar-refractivity contribution is 0.0727. The summed E-state index contributed by atoms with van der Waals surface area (Å²) in [6.45, 7) is 3.06. The first-order valence-electron chi connectivity index (χ1n) is 6.26. The molecule has 0 saturated carbocycles. The number of ether oxygens (including phenoxy) is 1. The smallest absolute Gasteiger partial charge is 0.287 e. The van der Waals surface area contributed by atoms with E-state index in [2.05, 4.69) is 10.4 Å². The minimum absolute atomic E-state index is 0.0933. The fraction of sp³-hybridized carbons (Fsp3) is 0.667. The molecule has 0 bridgehead atoms. The molecule has 2 N–H and O–H groups in total. The number of hydrogen-bond acceptors (Lipinski definition) is 5.